The van der Waals surface area contributed by atoms with E-state index in [1.54, 1.807) is 24.3 Å². The highest BCUT2D eigenvalue weighted by atomic mass is 16.4. The maximum Gasteiger partial charge on any atom is 0.318 e. The van der Waals surface area contributed by atoms with E-state index in [2.05, 4.69) is 15.5 Å². The number of carboxylic acids is 1. The summed E-state index contributed by atoms with van der Waals surface area (Å²) >= 11 is 0. The number of carbonyl (C=O) groups is 3. The summed E-state index contributed by atoms with van der Waals surface area (Å²) in [5.41, 5.74) is -0.529. The molecule has 2 rings (SSSR count). The number of nitrogens with zero attached hydrogens (tertiary/aromatic N) is 1. The van der Waals surface area contributed by atoms with Crippen molar-refractivity contribution in [1.29, 1.82) is 0 Å². The molecule has 3 N–H and O–H groups in total. The van der Waals surface area contributed by atoms with Gasteiger partial charge in [-0.3, -0.25) is 19.3 Å². The molecule has 1 aliphatic heterocycles. The standard InChI is InChI=1S/C19H27N3O4/c1-19(2,18(25)26)17(24)21-15-9-7-8-14(12-15)20-16(23)13-22-10-5-3-4-6-11-22/h7-9,12H,3-6,10-11,13H2,1-2H3,(H,20,23)(H,21,24)(H,25,26). The first-order valence-corrected chi connectivity index (χ1v) is 8.96. The third-order valence-corrected chi connectivity index (χ3v) is 4.57. The van der Waals surface area contributed by atoms with E-state index in [4.69, 9.17) is 5.11 Å². The van der Waals surface area contributed by atoms with Crippen molar-refractivity contribution in [3.63, 3.8) is 0 Å². The Kier molecular flexibility index (Phi) is 6.74. The highest BCUT2D eigenvalue weighted by Gasteiger charge is 2.36. The summed E-state index contributed by atoms with van der Waals surface area (Å²) in [6.07, 6.45) is 4.67. The van der Waals surface area contributed by atoms with Gasteiger partial charge in [-0.1, -0.05) is 18.9 Å². The van der Waals surface area contributed by atoms with Gasteiger partial charge in [0.1, 0.15) is 5.41 Å². The number of likely N-dealkylation sites (tertiary alicyclic amines) is 1. The highest BCUT2D eigenvalue weighted by molar-refractivity contribution is 6.07. The van der Waals surface area contributed by atoms with E-state index in [0.717, 1.165) is 25.9 Å². The average Bonchev–Trinajstić information content (AvgIpc) is 2.83. The van der Waals surface area contributed by atoms with Crippen molar-refractivity contribution >= 4 is 29.2 Å². The largest absolute Gasteiger partial charge is 0.480 e. The molecule has 0 spiro atoms. The van der Waals surface area contributed by atoms with Crippen LogP contribution in [0.15, 0.2) is 24.3 Å². The van der Waals surface area contributed by atoms with Crippen molar-refractivity contribution in [2.75, 3.05) is 30.3 Å². The molecule has 1 saturated heterocycles. The molecular formula is C19H27N3O4. The molecule has 1 heterocycles. The number of hydrogen-bond donors (Lipinski definition) is 3. The number of benzene rings is 1. The van der Waals surface area contributed by atoms with E-state index in [0.29, 0.717) is 17.9 Å². The molecule has 0 bridgehead atoms. The van der Waals surface area contributed by atoms with Crippen LogP contribution in [0.1, 0.15) is 39.5 Å². The Labute approximate surface area is 153 Å². The molecule has 1 aromatic carbocycles. The van der Waals surface area contributed by atoms with Gasteiger partial charge in [-0.15, -0.1) is 0 Å². The first kappa shape index (κ1) is 19.9. The van der Waals surface area contributed by atoms with Gasteiger partial charge in [0.05, 0.1) is 6.54 Å². The second-order valence-electron chi connectivity index (χ2n) is 7.20. The first-order valence-electron chi connectivity index (χ1n) is 8.96. The summed E-state index contributed by atoms with van der Waals surface area (Å²) in [7, 11) is 0. The van der Waals surface area contributed by atoms with Crippen molar-refractivity contribution in [1.82, 2.24) is 4.90 Å². The van der Waals surface area contributed by atoms with Crippen LogP contribution < -0.4 is 10.6 Å². The van der Waals surface area contributed by atoms with E-state index in [1.165, 1.54) is 26.7 Å². The van der Waals surface area contributed by atoms with Crippen LogP contribution in [-0.4, -0.2) is 47.4 Å². The van der Waals surface area contributed by atoms with Gasteiger partial charge in [0.15, 0.2) is 0 Å². The smallest absolute Gasteiger partial charge is 0.318 e. The zero-order valence-electron chi connectivity index (χ0n) is 15.4. The van der Waals surface area contributed by atoms with Gasteiger partial charge in [-0.05, 0) is 58.0 Å². The fourth-order valence-corrected chi connectivity index (χ4v) is 2.76. The quantitative estimate of drug-likeness (QED) is 0.676. The minimum absolute atomic E-state index is 0.0961. The molecule has 2 amide bonds. The zero-order chi connectivity index (χ0) is 19.2. The number of anilines is 2. The molecule has 7 nitrogen and oxygen atoms in total. The van der Waals surface area contributed by atoms with E-state index in [1.807, 2.05) is 0 Å². The van der Waals surface area contributed by atoms with Gasteiger partial charge in [-0.25, -0.2) is 0 Å². The molecule has 1 aromatic rings. The monoisotopic (exact) mass is 361 g/mol. The van der Waals surface area contributed by atoms with Crippen LogP contribution in [0.5, 0.6) is 0 Å². The Balaban J connectivity index is 1.94. The minimum Gasteiger partial charge on any atom is -0.480 e. The molecule has 0 radical (unpaired) electrons. The SMILES string of the molecule is CC(C)(C(=O)O)C(=O)Nc1cccc(NC(=O)CN2CCCCCC2)c1. The fraction of sp³-hybridized carbons (Fsp3) is 0.526. The lowest BCUT2D eigenvalue weighted by atomic mass is 9.92. The summed E-state index contributed by atoms with van der Waals surface area (Å²) in [6, 6.07) is 6.71. The minimum atomic E-state index is -1.54. The summed E-state index contributed by atoms with van der Waals surface area (Å²) in [4.78, 5) is 37.7. The molecule has 26 heavy (non-hydrogen) atoms. The first-order chi connectivity index (χ1) is 12.3. The number of amides is 2. The van der Waals surface area contributed by atoms with E-state index in [-0.39, 0.29) is 5.91 Å². The van der Waals surface area contributed by atoms with Crippen LogP contribution in [0.4, 0.5) is 11.4 Å². The van der Waals surface area contributed by atoms with Crippen molar-refractivity contribution in [3.05, 3.63) is 24.3 Å². The molecule has 0 aromatic heterocycles. The maximum atomic E-state index is 12.3. The molecule has 142 valence electrons. The molecule has 1 fully saturated rings. The normalized spacial score (nSPS) is 15.8. The van der Waals surface area contributed by atoms with E-state index in [9.17, 15) is 14.4 Å². The second kappa shape index (κ2) is 8.80. The van der Waals surface area contributed by atoms with E-state index >= 15 is 0 Å². The number of carboxylic acid groups (broad SMARTS) is 1. The Bertz CT molecular complexity index is 665. The van der Waals surface area contributed by atoms with E-state index < -0.39 is 17.3 Å². The van der Waals surface area contributed by atoms with Crippen molar-refractivity contribution in [3.8, 4) is 0 Å². The molecule has 1 aliphatic rings. The van der Waals surface area contributed by atoms with Crippen LogP contribution >= 0.6 is 0 Å². The van der Waals surface area contributed by atoms with Crippen LogP contribution in [0.3, 0.4) is 0 Å². The van der Waals surface area contributed by atoms with Crippen LogP contribution in [0.2, 0.25) is 0 Å². The highest BCUT2D eigenvalue weighted by Crippen LogP contribution is 2.21. The van der Waals surface area contributed by atoms with Gasteiger partial charge >= 0.3 is 5.97 Å². The molecule has 0 aliphatic carbocycles. The maximum absolute atomic E-state index is 12.3. The van der Waals surface area contributed by atoms with Crippen molar-refractivity contribution in [2.24, 2.45) is 5.41 Å². The third-order valence-electron chi connectivity index (χ3n) is 4.57. The predicted octanol–water partition coefficient (Wildman–Crippen LogP) is 2.55. The van der Waals surface area contributed by atoms with Crippen LogP contribution in [-0.2, 0) is 14.4 Å². The number of carbonyl (C=O) groups excluding carboxylic acids is 2. The average molecular weight is 361 g/mol. The van der Waals surface area contributed by atoms with Gasteiger partial charge in [0.25, 0.3) is 0 Å². The van der Waals surface area contributed by atoms with Gasteiger partial charge < -0.3 is 15.7 Å². The zero-order valence-corrected chi connectivity index (χ0v) is 15.4. The Morgan fingerprint density at radius 2 is 1.62 bits per heavy atom. The lowest BCUT2D eigenvalue weighted by Crippen LogP contribution is -2.37. The Morgan fingerprint density at radius 1 is 1.04 bits per heavy atom. The predicted molar refractivity (Wildman–Crippen MR) is 100 cm³/mol. The van der Waals surface area contributed by atoms with Gasteiger partial charge in [0.2, 0.25) is 11.8 Å². The summed E-state index contributed by atoms with van der Waals surface area (Å²) in [5.74, 6) is -1.91. The second-order valence-corrected chi connectivity index (χ2v) is 7.20. The molecule has 0 atom stereocenters. The Hall–Kier alpha value is -2.41. The lowest BCUT2D eigenvalue weighted by molar-refractivity contribution is -0.151. The Morgan fingerprint density at radius 3 is 2.19 bits per heavy atom. The van der Waals surface area contributed by atoms with Crippen molar-refractivity contribution in [2.45, 2.75) is 39.5 Å². The molecule has 0 saturated carbocycles. The summed E-state index contributed by atoms with van der Waals surface area (Å²) in [5, 5.41) is 14.5. The number of hydrogen-bond acceptors (Lipinski definition) is 4. The summed E-state index contributed by atoms with van der Waals surface area (Å²) in [6.45, 7) is 4.92. The summed E-state index contributed by atoms with van der Waals surface area (Å²) < 4.78 is 0. The molecule has 0 unspecified atom stereocenters. The fourth-order valence-electron chi connectivity index (χ4n) is 2.76. The molecule has 7 heteroatoms. The molecular weight excluding hydrogens is 334 g/mol. The number of nitrogens with one attached hydrogen (secondary N) is 2. The van der Waals surface area contributed by atoms with Crippen LogP contribution in [0.25, 0.3) is 0 Å². The van der Waals surface area contributed by atoms with Crippen LogP contribution in [0, 0.1) is 5.41 Å². The van der Waals surface area contributed by atoms with Crippen molar-refractivity contribution < 1.29 is 19.5 Å². The topological polar surface area (TPSA) is 98.7 Å². The van der Waals surface area contributed by atoms with Gasteiger partial charge in [-0.2, -0.15) is 0 Å². The third kappa shape index (κ3) is 5.56. The number of aliphatic carboxylic acids is 1. The number of rotatable bonds is 6. The lowest BCUT2D eigenvalue weighted by Gasteiger charge is -2.20. The van der Waals surface area contributed by atoms with Gasteiger partial charge in [0, 0.05) is 11.4 Å².